The summed E-state index contributed by atoms with van der Waals surface area (Å²) in [5, 5.41) is 16.0. The molecule has 0 bridgehead atoms. The quantitative estimate of drug-likeness (QED) is 0.691. The fraction of sp³-hybridized carbons (Fsp3) is 0.300. The predicted molar refractivity (Wildman–Crippen MR) is 65.1 cm³/mol. The van der Waals surface area contributed by atoms with Gasteiger partial charge in [-0.05, 0) is 11.4 Å². The highest BCUT2D eigenvalue weighted by Crippen LogP contribution is 2.41. The lowest BCUT2D eigenvalue weighted by Gasteiger charge is -2.05. The van der Waals surface area contributed by atoms with Crippen molar-refractivity contribution in [3.8, 4) is 10.6 Å². The molecular weight excluding hydrogens is 279 g/mol. The summed E-state index contributed by atoms with van der Waals surface area (Å²) in [4.78, 5) is 0.597. The molecule has 2 aromatic heterocycles. The van der Waals surface area contributed by atoms with Gasteiger partial charge in [0.25, 0.3) is 0 Å². The SMILES string of the molecule is CN(C)N=Nc1c(-c2cccs2)n[nH]c1C(F)(F)F. The van der Waals surface area contributed by atoms with E-state index in [1.54, 1.807) is 31.6 Å². The first kappa shape index (κ1) is 13.5. The second-order valence-electron chi connectivity index (χ2n) is 3.81. The molecule has 9 heteroatoms. The van der Waals surface area contributed by atoms with Crippen LogP contribution in [0.1, 0.15) is 5.69 Å². The van der Waals surface area contributed by atoms with E-state index < -0.39 is 11.9 Å². The summed E-state index contributed by atoms with van der Waals surface area (Å²) in [6.07, 6.45) is -4.55. The van der Waals surface area contributed by atoms with Crippen LogP contribution in [0.2, 0.25) is 0 Å². The number of nitrogens with one attached hydrogen (secondary N) is 1. The van der Waals surface area contributed by atoms with Crippen LogP contribution in [0.25, 0.3) is 10.6 Å². The second kappa shape index (κ2) is 5.00. The van der Waals surface area contributed by atoms with Crippen LogP contribution in [0.15, 0.2) is 27.9 Å². The third-order valence-electron chi connectivity index (χ3n) is 2.10. The minimum Gasteiger partial charge on any atom is -0.285 e. The third-order valence-corrected chi connectivity index (χ3v) is 2.98. The molecule has 0 atom stereocenters. The van der Waals surface area contributed by atoms with Crippen molar-refractivity contribution in [3.05, 3.63) is 23.2 Å². The minimum atomic E-state index is -4.55. The topological polar surface area (TPSA) is 56.6 Å². The molecule has 5 nitrogen and oxygen atoms in total. The van der Waals surface area contributed by atoms with Gasteiger partial charge in [0.15, 0.2) is 5.69 Å². The Balaban J connectivity index is 2.54. The second-order valence-corrected chi connectivity index (χ2v) is 4.76. The minimum absolute atomic E-state index is 0.146. The molecule has 19 heavy (non-hydrogen) atoms. The van der Waals surface area contributed by atoms with E-state index in [4.69, 9.17) is 0 Å². The molecule has 0 aliphatic rings. The zero-order valence-electron chi connectivity index (χ0n) is 10.1. The maximum absolute atomic E-state index is 12.8. The summed E-state index contributed by atoms with van der Waals surface area (Å²) < 4.78 is 38.5. The fourth-order valence-electron chi connectivity index (χ4n) is 1.35. The van der Waals surface area contributed by atoms with Crippen LogP contribution < -0.4 is 0 Å². The zero-order valence-corrected chi connectivity index (χ0v) is 10.9. The molecular formula is C10H10F3N5S. The van der Waals surface area contributed by atoms with E-state index in [1.165, 1.54) is 16.3 Å². The van der Waals surface area contributed by atoms with Crippen molar-refractivity contribution >= 4 is 17.0 Å². The molecule has 102 valence electrons. The number of nitrogens with zero attached hydrogens (tertiary/aromatic N) is 4. The first-order chi connectivity index (χ1) is 8.89. The highest BCUT2D eigenvalue weighted by molar-refractivity contribution is 7.13. The van der Waals surface area contributed by atoms with Crippen molar-refractivity contribution in [2.75, 3.05) is 14.1 Å². The van der Waals surface area contributed by atoms with E-state index in [2.05, 4.69) is 15.4 Å². The highest BCUT2D eigenvalue weighted by atomic mass is 32.1. The Morgan fingerprint density at radius 3 is 2.63 bits per heavy atom. The summed E-state index contributed by atoms with van der Waals surface area (Å²) >= 11 is 1.28. The molecule has 0 fully saturated rings. The van der Waals surface area contributed by atoms with E-state index in [0.717, 1.165) is 0 Å². The van der Waals surface area contributed by atoms with Crippen LogP contribution in [-0.4, -0.2) is 29.3 Å². The molecule has 0 saturated carbocycles. The van der Waals surface area contributed by atoms with Crippen molar-refractivity contribution < 1.29 is 13.2 Å². The summed E-state index contributed by atoms with van der Waals surface area (Å²) in [7, 11) is 3.14. The molecule has 2 rings (SSSR count). The van der Waals surface area contributed by atoms with Crippen LogP contribution in [0, 0.1) is 0 Å². The highest BCUT2D eigenvalue weighted by Gasteiger charge is 2.38. The standard InChI is InChI=1S/C10H10F3N5S/c1-18(2)17-15-8-7(6-4-3-5-19-6)14-16-9(8)10(11,12)13/h3-5H,1-2H3,(H,14,16). The number of alkyl halides is 3. The number of rotatable bonds is 3. The number of H-pyrrole nitrogens is 1. The van der Waals surface area contributed by atoms with Gasteiger partial charge in [0.2, 0.25) is 0 Å². The van der Waals surface area contributed by atoms with Gasteiger partial charge in [-0.15, -0.1) is 16.5 Å². The van der Waals surface area contributed by atoms with Gasteiger partial charge in [0.05, 0.1) is 4.88 Å². The van der Waals surface area contributed by atoms with Crippen molar-refractivity contribution in [1.29, 1.82) is 0 Å². The Morgan fingerprint density at radius 1 is 1.37 bits per heavy atom. The summed E-state index contributed by atoms with van der Waals surface area (Å²) in [5.41, 5.74) is -1.15. The number of hydrogen-bond acceptors (Lipinski definition) is 4. The van der Waals surface area contributed by atoms with Gasteiger partial charge < -0.3 is 0 Å². The summed E-state index contributed by atoms with van der Waals surface area (Å²) in [5.74, 6) is 0. The molecule has 0 radical (unpaired) electrons. The molecule has 0 unspecified atom stereocenters. The van der Waals surface area contributed by atoms with Gasteiger partial charge in [-0.25, -0.2) is 0 Å². The van der Waals surface area contributed by atoms with Gasteiger partial charge in [-0.3, -0.25) is 10.1 Å². The lowest BCUT2D eigenvalue weighted by molar-refractivity contribution is -0.140. The Bertz CT molecular complexity index is 570. The van der Waals surface area contributed by atoms with Gasteiger partial charge in [0.1, 0.15) is 11.4 Å². The number of aromatic nitrogens is 2. The van der Waals surface area contributed by atoms with E-state index >= 15 is 0 Å². The normalized spacial score (nSPS) is 12.3. The molecule has 0 amide bonds. The Hall–Kier alpha value is -1.90. The fourth-order valence-corrected chi connectivity index (χ4v) is 2.07. The summed E-state index contributed by atoms with van der Waals surface area (Å²) in [6.45, 7) is 0. The number of aromatic amines is 1. The molecule has 2 heterocycles. The largest absolute Gasteiger partial charge is 0.435 e. The number of halogens is 3. The molecule has 1 N–H and O–H groups in total. The maximum Gasteiger partial charge on any atom is 0.435 e. The van der Waals surface area contributed by atoms with Crippen LogP contribution in [0.4, 0.5) is 18.9 Å². The molecule has 0 saturated heterocycles. The molecule has 0 aromatic carbocycles. The summed E-state index contributed by atoms with van der Waals surface area (Å²) in [6, 6.07) is 3.41. The third kappa shape index (κ3) is 2.92. The van der Waals surface area contributed by atoms with E-state index in [-0.39, 0.29) is 11.4 Å². The van der Waals surface area contributed by atoms with Crippen molar-refractivity contribution in [2.45, 2.75) is 6.18 Å². The first-order valence-electron chi connectivity index (χ1n) is 5.18. The maximum atomic E-state index is 12.8. The lowest BCUT2D eigenvalue weighted by atomic mass is 10.2. The van der Waals surface area contributed by atoms with Crippen molar-refractivity contribution in [1.82, 2.24) is 15.2 Å². The molecule has 0 aliphatic heterocycles. The Kier molecular flexibility index (Phi) is 3.56. The number of thiophene rings is 1. The Morgan fingerprint density at radius 2 is 2.11 bits per heavy atom. The molecule has 0 spiro atoms. The van der Waals surface area contributed by atoms with Gasteiger partial charge >= 0.3 is 6.18 Å². The van der Waals surface area contributed by atoms with E-state index in [1.807, 2.05) is 5.10 Å². The monoisotopic (exact) mass is 289 g/mol. The first-order valence-corrected chi connectivity index (χ1v) is 6.06. The van der Waals surface area contributed by atoms with Crippen LogP contribution >= 0.6 is 11.3 Å². The zero-order chi connectivity index (χ0) is 14.0. The smallest absolute Gasteiger partial charge is 0.285 e. The van der Waals surface area contributed by atoms with E-state index in [9.17, 15) is 13.2 Å². The van der Waals surface area contributed by atoms with Gasteiger partial charge in [0, 0.05) is 14.1 Å². The number of hydrogen-bond donors (Lipinski definition) is 1. The van der Waals surface area contributed by atoms with Crippen LogP contribution in [-0.2, 0) is 6.18 Å². The van der Waals surface area contributed by atoms with E-state index in [0.29, 0.717) is 4.88 Å². The molecule has 2 aromatic rings. The Labute approximate surface area is 110 Å². The van der Waals surface area contributed by atoms with Crippen LogP contribution in [0.3, 0.4) is 0 Å². The van der Waals surface area contributed by atoms with Crippen molar-refractivity contribution in [2.24, 2.45) is 10.3 Å². The lowest BCUT2D eigenvalue weighted by Crippen LogP contribution is -2.06. The average molecular weight is 289 g/mol. The van der Waals surface area contributed by atoms with Crippen molar-refractivity contribution in [3.63, 3.8) is 0 Å². The molecule has 0 aliphatic carbocycles. The average Bonchev–Trinajstić information content (AvgIpc) is 2.93. The van der Waals surface area contributed by atoms with Crippen LogP contribution in [0.5, 0.6) is 0 Å². The van der Waals surface area contributed by atoms with Gasteiger partial charge in [-0.1, -0.05) is 11.3 Å². The predicted octanol–water partition coefficient (Wildman–Crippen LogP) is 3.72. The van der Waals surface area contributed by atoms with Gasteiger partial charge in [-0.2, -0.15) is 18.3 Å².